The number of carbonyl (C=O) groups excluding carboxylic acids is 1. The Morgan fingerprint density at radius 1 is 1.13 bits per heavy atom. The third-order valence-electron chi connectivity index (χ3n) is 3.80. The van der Waals surface area contributed by atoms with Crippen LogP contribution in [0.4, 0.5) is 0 Å². The number of fused-ring (bicyclic) bond motifs is 1. The summed E-state index contributed by atoms with van der Waals surface area (Å²) in [7, 11) is 2.00. The van der Waals surface area contributed by atoms with E-state index >= 15 is 0 Å². The number of para-hydroxylation sites is 1. The molecule has 0 saturated heterocycles. The molecule has 3 aromatic rings. The molecule has 0 aliphatic rings. The van der Waals surface area contributed by atoms with Gasteiger partial charge in [-0.05, 0) is 18.1 Å². The van der Waals surface area contributed by atoms with E-state index in [1.54, 1.807) is 6.21 Å². The van der Waals surface area contributed by atoms with E-state index in [1.807, 2.05) is 66.3 Å². The molecule has 1 amide bonds. The molecule has 0 atom stereocenters. The van der Waals surface area contributed by atoms with Crippen molar-refractivity contribution in [2.75, 3.05) is 0 Å². The first-order valence-corrected chi connectivity index (χ1v) is 7.64. The van der Waals surface area contributed by atoms with E-state index in [4.69, 9.17) is 0 Å². The fraction of sp³-hybridized carbons (Fsp3) is 0.158. The van der Waals surface area contributed by atoms with Crippen LogP contribution in [0, 0.1) is 0 Å². The zero-order valence-corrected chi connectivity index (χ0v) is 13.1. The second-order valence-electron chi connectivity index (χ2n) is 5.49. The normalized spacial score (nSPS) is 11.2. The Balaban J connectivity index is 1.59. The summed E-state index contributed by atoms with van der Waals surface area (Å²) >= 11 is 0. The van der Waals surface area contributed by atoms with Crippen molar-refractivity contribution >= 4 is 23.0 Å². The summed E-state index contributed by atoms with van der Waals surface area (Å²) in [6, 6.07) is 18.1. The molecule has 0 bridgehead atoms. The number of nitrogens with one attached hydrogen (secondary N) is 1. The van der Waals surface area contributed by atoms with E-state index in [2.05, 4.69) is 16.6 Å². The fourth-order valence-electron chi connectivity index (χ4n) is 2.61. The molecule has 1 N–H and O–H groups in total. The van der Waals surface area contributed by atoms with Crippen molar-refractivity contribution in [2.45, 2.75) is 12.8 Å². The topological polar surface area (TPSA) is 46.4 Å². The molecule has 1 aromatic heterocycles. The molecule has 3 rings (SSSR count). The third-order valence-corrected chi connectivity index (χ3v) is 3.80. The molecule has 116 valence electrons. The monoisotopic (exact) mass is 305 g/mol. The Kier molecular flexibility index (Phi) is 4.52. The lowest BCUT2D eigenvalue weighted by Crippen LogP contribution is -2.17. The summed E-state index contributed by atoms with van der Waals surface area (Å²) in [4.78, 5) is 11.8. The molecule has 2 aromatic carbocycles. The molecule has 1 heterocycles. The zero-order valence-electron chi connectivity index (χ0n) is 13.1. The zero-order chi connectivity index (χ0) is 16.1. The lowest BCUT2D eigenvalue weighted by Gasteiger charge is -2.00. The number of carbonyl (C=O) groups is 1. The number of hydrogen-bond acceptors (Lipinski definition) is 2. The van der Waals surface area contributed by atoms with E-state index in [9.17, 15) is 4.79 Å². The maximum atomic E-state index is 11.8. The van der Waals surface area contributed by atoms with Crippen molar-refractivity contribution in [1.29, 1.82) is 0 Å². The highest BCUT2D eigenvalue weighted by molar-refractivity contribution is 5.99. The van der Waals surface area contributed by atoms with E-state index in [0.29, 0.717) is 6.42 Å². The Hall–Kier alpha value is -2.88. The molecular weight excluding hydrogens is 286 g/mol. The maximum absolute atomic E-state index is 11.8. The smallest absolute Gasteiger partial charge is 0.240 e. The first-order valence-electron chi connectivity index (χ1n) is 7.64. The van der Waals surface area contributed by atoms with Crippen LogP contribution in [0.2, 0.25) is 0 Å². The molecule has 0 aliphatic heterocycles. The van der Waals surface area contributed by atoms with Gasteiger partial charge >= 0.3 is 0 Å². The molecule has 0 unspecified atom stereocenters. The summed E-state index contributed by atoms with van der Waals surface area (Å²) in [5.74, 6) is -0.0784. The van der Waals surface area contributed by atoms with Gasteiger partial charge in [0.05, 0.1) is 6.21 Å². The quantitative estimate of drug-likeness (QED) is 0.571. The van der Waals surface area contributed by atoms with Gasteiger partial charge in [0.25, 0.3) is 0 Å². The Morgan fingerprint density at radius 3 is 2.70 bits per heavy atom. The number of benzene rings is 2. The van der Waals surface area contributed by atoms with E-state index in [1.165, 1.54) is 0 Å². The number of hydrazone groups is 1. The standard InChI is InChI=1S/C19H19N3O/c1-22-14-16(17-9-5-6-10-18(17)22)13-20-21-19(23)12-11-15-7-3-2-4-8-15/h2-10,13-14H,11-12H2,1H3,(H,21,23)/b20-13-. The third kappa shape index (κ3) is 3.66. The first-order chi connectivity index (χ1) is 11.2. The molecule has 4 nitrogen and oxygen atoms in total. The lowest BCUT2D eigenvalue weighted by molar-refractivity contribution is -0.121. The van der Waals surface area contributed by atoms with Gasteiger partial charge < -0.3 is 4.57 Å². The first kappa shape index (κ1) is 15.0. The van der Waals surface area contributed by atoms with Crippen LogP contribution in [0.25, 0.3) is 10.9 Å². The van der Waals surface area contributed by atoms with Gasteiger partial charge in [-0.2, -0.15) is 5.10 Å². The summed E-state index contributed by atoms with van der Waals surface area (Å²) in [5.41, 5.74) is 5.89. The van der Waals surface area contributed by atoms with Gasteiger partial charge in [0.2, 0.25) is 5.91 Å². The average Bonchev–Trinajstić information content (AvgIpc) is 2.91. The van der Waals surface area contributed by atoms with Crippen LogP contribution in [-0.4, -0.2) is 16.7 Å². The van der Waals surface area contributed by atoms with Crippen LogP contribution in [0.1, 0.15) is 17.5 Å². The minimum absolute atomic E-state index is 0.0784. The molecule has 0 radical (unpaired) electrons. The molecular formula is C19H19N3O. The highest BCUT2D eigenvalue weighted by Gasteiger charge is 2.04. The summed E-state index contributed by atoms with van der Waals surface area (Å²) in [6.07, 6.45) is 4.85. The minimum Gasteiger partial charge on any atom is -0.350 e. The van der Waals surface area contributed by atoms with Crippen LogP contribution in [0.5, 0.6) is 0 Å². The van der Waals surface area contributed by atoms with E-state index in [0.717, 1.165) is 28.5 Å². The minimum atomic E-state index is -0.0784. The molecule has 0 spiro atoms. The predicted molar refractivity (Wildman–Crippen MR) is 93.4 cm³/mol. The van der Waals surface area contributed by atoms with Crippen molar-refractivity contribution < 1.29 is 4.79 Å². The largest absolute Gasteiger partial charge is 0.350 e. The van der Waals surface area contributed by atoms with Crippen molar-refractivity contribution in [1.82, 2.24) is 9.99 Å². The van der Waals surface area contributed by atoms with Crippen molar-refractivity contribution in [3.63, 3.8) is 0 Å². The summed E-state index contributed by atoms with van der Waals surface area (Å²) < 4.78 is 2.05. The highest BCUT2D eigenvalue weighted by atomic mass is 16.2. The summed E-state index contributed by atoms with van der Waals surface area (Å²) in [5, 5.41) is 5.20. The maximum Gasteiger partial charge on any atom is 0.240 e. The lowest BCUT2D eigenvalue weighted by atomic mass is 10.1. The molecule has 0 fully saturated rings. The van der Waals surface area contributed by atoms with Gasteiger partial charge in [-0.15, -0.1) is 0 Å². The molecule has 4 heteroatoms. The Bertz CT molecular complexity index is 834. The van der Waals surface area contributed by atoms with Crippen LogP contribution in [0.15, 0.2) is 65.9 Å². The average molecular weight is 305 g/mol. The van der Waals surface area contributed by atoms with Crippen LogP contribution >= 0.6 is 0 Å². The van der Waals surface area contributed by atoms with Crippen LogP contribution in [-0.2, 0) is 18.3 Å². The van der Waals surface area contributed by atoms with Crippen molar-refractivity contribution in [2.24, 2.45) is 12.1 Å². The molecule has 23 heavy (non-hydrogen) atoms. The van der Waals surface area contributed by atoms with Gasteiger partial charge in [0.15, 0.2) is 0 Å². The highest BCUT2D eigenvalue weighted by Crippen LogP contribution is 2.18. The van der Waals surface area contributed by atoms with Gasteiger partial charge in [0.1, 0.15) is 0 Å². The number of rotatable bonds is 5. The Morgan fingerprint density at radius 2 is 1.87 bits per heavy atom. The number of aromatic nitrogens is 1. The van der Waals surface area contributed by atoms with E-state index in [-0.39, 0.29) is 5.91 Å². The number of amides is 1. The van der Waals surface area contributed by atoms with Gasteiger partial charge in [-0.25, -0.2) is 5.43 Å². The SMILES string of the molecule is Cn1cc(/C=N\NC(=O)CCc2ccccc2)c2ccccc21. The molecule has 0 saturated carbocycles. The van der Waals surface area contributed by atoms with E-state index < -0.39 is 0 Å². The van der Waals surface area contributed by atoms with Gasteiger partial charge in [-0.3, -0.25) is 4.79 Å². The predicted octanol–water partition coefficient (Wildman–Crippen LogP) is 3.26. The fourth-order valence-corrected chi connectivity index (χ4v) is 2.61. The second-order valence-corrected chi connectivity index (χ2v) is 5.49. The second kappa shape index (κ2) is 6.92. The van der Waals surface area contributed by atoms with Crippen LogP contribution in [0.3, 0.4) is 0 Å². The van der Waals surface area contributed by atoms with Crippen molar-refractivity contribution in [3.05, 3.63) is 71.9 Å². The van der Waals surface area contributed by atoms with Gasteiger partial charge in [-0.1, -0.05) is 48.5 Å². The van der Waals surface area contributed by atoms with Gasteiger partial charge in [0, 0.05) is 36.1 Å². The Labute approximate surface area is 135 Å². The van der Waals surface area contributed by atoms with Crippen LogP contribution < -0.4 is 5.43 Å². The van der Waals surface area contributed by atoms with Crippen molar-refractivity contribution in [3.8, 4) is 0 Å². The number of hydrogen-bond donors (Lipinski definition) is 1. The summed E-state index contributed by atoms with van der Waals surface area (Å²) in [6.45, 7) is 0. The molecule has 0 aliphatic carbocycles. The number of nitrogens with zero attached hydrogens (tertiary/aromatic N) is 2. The number of aryl methyl sites for hydroxylation is 2.